The largest absolute Gasteiger partial charge is 0.368 e. The van der Waals surface area contributed by atoms with Gasteiger partial charge in [-0.25, -0.2) is 0 Å². The van der Waals surface area contributed by atoms with Crippen molar-refractivity contribution in [3.63, 3.8) is 0 Å². The van der Waals surface area contributed by atoms with Crippen molar-refractivity contribution in [1.29, 1.82) is 0 Å². The molecule has 0 bridgehead atoms. The zero-order valence-corrected chi connectivity index (χ0v) is 17.1. The van der Waals surface area contributed by atoms with Crippen molar-refractivity contribution in [2.45, 2.75) is 25.7 Å². The van der Waals surface area contributed by atoms with Gasteiger partial charge < -0.3 is 15.2 Å². The van der Waals surface area contributed by atoms with Crippen LogP contribution in [0.5, 0.6) is 0 Å². The highest BCUT2D eigenvalue weighted by atomic mass is 16.5. The lowest BCUT2D eigenvalue weighted by atomic mass is 9.80. The van der Waals surface area contributed by atoms with Gasteiger partial charge in [0.25, 0.3) is 5.89 Å². The Bertz CT molecular complexity index is 1190. The minimum atomic E-state index is 0.0811. The van der Waals surface area contributed by atoms with Crippen LogP contribution in [0.25, 0.3) is 23.2 Å². The van der Waals surface area contributed by atoms with Crippen LogP contribution in [0.2, 0.25) is 0 Å². The Morgan fingerprint density at radius 3 is 2.61 bits per heavy atom. The SMILES string of the molecule is CN(c1ccccc1)c1nc(N)nc(-c2noc(-c3ncccc3CC3CCC3)n2)n1. The molecule has 31 heavy (non-hydrogen) atoms. The lowest BCUT2D eigenvalue weighted by Gasteiger charge is -2.25. The smallest absolute Gasteiger partial charge is 0.277 e. The molecule has 1 aliphatic rings. The van der Waals surface area contributed by atoms with E-state index in [0.717, 1.165) is 17.7 Å². The molecule has 0 aliphatic heterocycles. The number of para-hydroxylation sites is 1. The molecule has 5 rings (SSSR count). The van der Waals surface area contributed by atoms with E-state index < -0.39 is 0 Å². The molecule has 156 valence electrons. The highest BCUT2D eigenvalue weighted by Gasteiger charge is 2.23. The van der Waals surface area contributed by atoms with Gasteiger partial charge in [-0.3, -0.25) is 4.98 Å². The van der Waals surface area contributed by atoms with Crippen LogP contribution in [0.4, 0.5) is 17.6 Å². The van der Waals surface area contributed by atoms with Gasteiger partial charge in [-0.2, -0.15) is 19.9 Å². The van der Waals surface area contributed by atoms with E-state index >= 15 is 0 Å². The fourth-order valence-electron chi connectivity index (χ4n) is 3.61. The molecule has 9 heteroatoms. The third-order valence-electron chi connectivity index (χ3n) is 5.54. The molecule has 3 heterocycles. The number of nitrogen functional groups attached to an aromatic ring is 1. The Hall–Kier alpha value is -3.88. The lowest BCUT2D eigenvalue weighted by Crippen LogP contribution is -2.15. The highest BCUT2D eigenvalue weighted by molar-refractivity contribution is 5.60. The fourth-order valence-corrected chi connectivity index (χ4v) is 3.61. The number of nitrogens with two attached hydrogens (primary N) is 1. The van der Waals surface area contributed by atoms with Crippen molar-refractivity contribution >= 4 is 17.6 Å². The topological polar surface area (TPSA) is 120 Å². The molecule has 1 fully saturated rings. The van der Waals surface area contributed by atoms with Crippen LogP contribution in [-0.4, -0.2) is 37.1 Å². The van der Waals surface area contributed by atoms with E-state index in [-0.39, 0.29) is 17.6 Å². The van der Waals surface area contributed by atoms with Crippen LogP contribution in [0.3, 0.4) is 0 Å². The molecular formula is C22H22N8O. The van der Waals surface area contributed by atoms with Crippen molar-refractivity contribution in [2.75, 3.05) is 17.7 Å². The summed E-state index contributed by atoms with van der Waals surface area (Å²) in [5.41, 5.74) is 8.68. The molecule has 2 N–H and O–H groups in total. The molecule has 0 atom stereocenters. The lowest BCUT2D eigenvalue weighted by molar-refractivity contribution is 0.314. The number of pyridine rings is 1. The molecule has 4 aromatic rings. The molecule has 1 aliphatic carbocycles. The third kappa shape index (κ3) is 3.94. The summed E-state index contributed by atoms with van der Waals surface area (Å²) >= 11 is 0. The van der Waals surface area contributed by atoms with E-state index in [1.54, 1.807) is 6.20 Å². The van der Waals surface area contributed by atoms with Gasteiger partial charge in [0.15, 0.2) is 0 Å². The van der Waals surface area contributed by atoms with Crippen molar-refractivity contribution in [1.82, 2.24) is 30.1 Å². The molecule has 0 unspecified atom stereocenters. The molecular weight excluding hydrogens is 392 g/mol. The van der Waals surface area contributed by atoms with Crippen LogP contribution >= 0.6 is 0 Å². The molecule has 0 radical (unpaired) electrons. The Kier molecular flexibility index (Phi) is 4.99. The summed E-state index contributed by atoms with van der Waals surface area (Å²) in [5, 5.41) is 4.08. The normalized spacial score (nSPS) is 13.7. The second-order valence-corrected chi connectivity index (χ2v) is 7.65. The summed E-state index contributed by atoms with van der Waals surface area (Å²) in [5.74, 6) is 2.01. The van der Waals surface area contributed by atoms with E-state index in [2.05, 4.69) is 36.1 Å². The summed E-state index contributed by atoms with van der Waals surface area (Å²) in [6.07, 6.45) is 6.50. The van der Waals surface area contributed by atoms with Gasteiger partial charge in [0.1, 0.15) is 5.69 Å². The third-order valence-corrected chi connectivity index (χ3v) is 5.54. The van der Waals surface area contributed by atoms with Gasteiger partial charge in [-0.15, -0.1) is 0 Å². The summed E-state index contributed by atoms with van der Waals surface area (Å²) in [6.45, 7) is 0. The summed E-state index contributed by atoms with van der Waals surface area (Å²) < 4.78 is 5.53. The van der Waals surface area contributed by atoms with Crippen LogP contribution in [0.15, 0.2) is 53.2 Å². The zero-order chi connectivity index (χ0) is 21.2. The number of hydrogen-bond donors (Lipinski definition) is 1. The number of rotatable bonds is 6. The predicted molar refractivity (Wildman–Crippen MR) is 116 cm³/mol. The van der Waals surface area contributed by atoms with Gasteiger partial charge in [-0.05, 0) is 36.1 Å². The molecule has 1 aromatic carbocycles. The van der Waals surface area contributed by atoms with Crippen LogP contribution < -0.4 is 10.6 Å². The first kappa shape index (κ1) is 19.1. The van der Waals surface area contributed by atoms with Gasteiger partial charge in [0, 0.05) is 18.9 Å². The van der Waals surface area contributed by atoms with E-state index in [1.165, 1.54) is 19.3 Å². The summed E-state index contributed by atoms with van der Waals surface area (Å²) in [4.78, 5) is 23.8. The summed E-state index contributed by atoms with van der Waals surface area (Å²) in [7, 11) is 1.86. The van der Waals surface area contributed by atoms with Gasteiger partial charge in [0.2, 0.25) is 23.5 Å². The Morgan fingerprint density at radius 1 is 1.00 bits per heavy atom. The van der Waals surface area contributed by atoms with E-state index in [0.29, 0.717) is 23.5 Å². The summed E-state index contributed by atoms with van der Waals surface area (Å²) in [6, 6.07) is 13.7. The Balaban J connectivity index is 1.46. The van der Waals surface area contributed by atoms with Gasteiger partial charge >= 0.3 is 0 Å². The number of benzene rings is 1. The van der Waals surface area contributed by atoms with Crippen molar-refractivity contribution in [3.05, 3.63) is 54.2 Å². The fraction of sp³-hybridized carbons (Fsp3) is 0.273. The average Bonchev–Trinajstić information content (AvgIpc) is 3.26. The van der Waals surface area contributed by atoms with Crippen LogP contribution in [0.1, 0.15) is 24.8 Å². The van der Waals surface area contributed by atoms with Crippen LogP contribution in [-0.2, 0) is 6.42 Å². The van der Waals surface area contributed by atoms with Gasteiger partial charge in [0.05, 0.1) is 0 Å². The van der Waals surface area contributed by atoms with E-state index in [4.69, 9.17) is 10.3 Å². The quantitative estimate of drug-likeness (QED) is 0.504. The molecule has 1 saturated carbocycles. The average molecular weight is 414 g/mol. The second kappa shape index (κ2) is 8.10. The minimum Gasteiger partial charge on any atom is -0.368 e. The number of nitrogens with zero attached hydrogens (tertiary/aromatic N) is 7. The monoisotopic (exact) mass is 414 g/mol. The first-order chi connectivity index (χ1) is 15.2. The first-order valence-corrected chi connectivity index (χ1v) is 10.3. The van der Waals surface area contributed by atoms with Crippen molar-refractivity contribution in [3.8, 4) is 23.2 Å². The molecule has 0 amide bonds. The number of hydrogen-bond acceptors (Lipinski definition) is 9. The number of aromatic nitrogens is 6. The molecule has 3 aromatic heterocycles. The second-order valence-electron chi connectivity index (χ2n) is 7.65. The Labute approximate surface area is 179 Å². The molecule has 0 spiro atoms. The van der Waals surface area contributed by atoms with Crippen LogP contribution in [0, 0.1) is 5.92 Å². The highest BCUT2D eigenvalue weighted by Crippen LogP contribution is 2.32. The number of anilines is 3. The van der Waals surface area contributed by atoms with Gasteiger partial charge in [-0.1, -0.05) is 48.7 Å². The molecule has 0 saturated heterocycles. The molecule has 9 nitrogen and oxygen atoms in total. The zero-order valence-electron chi connectivity index (χ0n) is 17.1. The van der Waals surface area contributed by atoms with E-state index in [1.807, 2.05) is 48.3 Å². The standard InChI is InChI=1S/C22H22N8O/c1-30(16-10-3-2-4-11-16)22-27-18(26-21(23)28-22)19-25-20(31-29-19)17-15(9-6-12-24-17)13-14-7-5-8-14/h2-4,6,9-12,14H,5,7-8,13H2,1H3,(H2,23,26,27,28). The minimum absolute atomic E-state index is 0.0811. The first-order valence-electron chi connectivity index (χ1n) is 10.3. The maximum atomic E-state index is 5.94. The Morgan fingerprint density at radius 2 is 1.84 bits per heavy atom. The maximum Gasteiger partial charge on any atom is 0.277 e. The van der Waals surface area contributed by atoms with Crippen molar-refractivity contribution < 1.29 is 4.52 Å². The predicted octanol–water partition coefficient (Wildman–Crippen LogP) is 3.68. The van der Waals surface area contributed by atoms with Crippen molar-refractivity contribution in [2.24, 2.45) is 5.92 Å². The van der Waals surface area contributed by atoms with E-state index in [9.17, 15) is 0 Å². The maximum absolute atomic E-state index is 5.94.